The Bertz CT molecular complexity index is 1670. The molecule has 8 heteroatoms. The lowest BCUT2D eigenvalue weighted by Crippen LogP contribution is -2.49. The highest BCUT2D eigenvalue weighted by Gasteiger charge is 2.35. The molecule has 0 atom stereocenters. The van der Waals surface area contributed by atoms with Gasteiger partial charge in [0, 0.05) is 47.3 Å². The average Bonchev–Trinajstić information content (AvgIpc) is 3.53. The molecule has 0 fully saturated rings. The zero-order valence-corrected chi connectivity index (χ0v) is 24.6. The molecule has 0 N–H and O–H groups in total. The minimum atomic E-state index is -0.887. The first kappa shape index (κ1) is 28.5. The lowest BCUT2D eigenvalue weighted by molar-refractivity contribution is -0.155. The van der Waals surface area contributed by atoms with Crippen LogP contribution in [0.4, 0.5) is 0 Å². The third kappa shape index (κ3) is 5.13. The van der Waals surface area contributed by atoms with Gasteiger partial charge >= 0.3 is 5.97 Å². The standard InChI is InChI=1S/C33H37N3O5/c1-7-36-27-15-13-22(30(37)23-12-10-9-11-21(23)3)19-25(27)29-28(36)16-14-24-26(20-40-31(24)29)34-41-32(38)33(4,5)35(6)17-18-39-8-2/h9-16,19H,7-8,17-18,20H2,1-6H3/b34-26+. The Morgan fingerprint density at radius 2 is 1.83 bits per heavy atom. The van der Waals surface area contributed by atoms with E-state index in [1.165, 1.54) is 0 Å². The van der Waals surface area contributed by atoms with Gasteiger partial charge in [-0.2, -0.15) is 0 Å². The predicted molar refractivity (Wildman–Crippen MR) is 161 cm³/mol. The normalized spacial score (nSPS) is 14.2. The molecule has 0 amide bonds. The molecule has 1 aromatic heterocycles. The van der Waals surface area contributed by atoms with Crippen LogP contribution < -0.4 is 4.74 Å². The van der Waals surface area contributed by atoms with E-state index in [-0.39, 0.29) is 12.4 Å². The van der Waals surface area contributed by atoms with Gasteiger partial charge in [0.15, 0.2) is 5.78 Å². The van der Waals surface area contributed by atoms with E-state index in [2.05, 4.69) is 16.6 Å². The number of rotatable bonds is 10. The van der Waals surface area contributed by atoms with Crippen molar-refractivity contribution in [2.24, 2.45) is 5.16 Å². The topological polar surface area (TPSA) is 82.4 Å². The summed E-state index contributed by atoms with van der Waals surface area (Å²) in [4.78, 5) is 33.8. The Labute approximate surface area is 240 Å². The molecule has 3 aromatic carbocycles. The number of aryl methyl sites for hydroxylation is 2. The molecular weight excluding hydrogens is 518 g/mol. The number of fused-ring (bicyclic) bond motifs is 5. The van der Waals surface area contributed by atoms with Gasteiger partial charge in [-0.3, -0.25) is 9.69 Å². The lowest BCUT2D eigenvalue weighted by atomic mass is 9.97. The minimum Gasteiger partial charge on any atom is -0.486 e. The summed E-state index contributed by atoms with van der Waals surface area (Å²) in [6.45, 7) is 12.3. The van der Waals surface area contributed by atoms with E-state index in [0.717, 1.165) is 39.5 Å². The van der Waals surface area contributed by atoms with Crippen molar-refractivity contribution in [1.29, 1.82) is 0 Å². The largest absolute Gasteiger partial charge is 0.486 e. The number of ether oxygens (including phenoxy) is 2. The van der Waals surface area contributed by atoms with E-state index in [0.29, 0.717) is 42.3 Å². The second-order valence-electron chi connectivity index (χ2n) is 10.8. The molecule has 0 saturated carbocycles. The van der Waals surface area contributed by atoms with Crippen LogP contribution in [0.25, 0.3) is 21.8 Å². The Morgan fingerprint density at radius 1 is 1.07 bits per heavy atom. The molecule has 0 spiro atoms. The molecule has 41 heavy (non-hydrogen) atoms. The second-order valence-corrected chi connectivity index (χ2v) is 10.8. The van der Waals surface area contributed by atoms with E-state index in [4.69, 9.17) is 14.3 Å². The van der Waals surface area contributed by atoms with Crippen LogP contribution in [-0.2, 0) is 20.9 Å². The van der Waals surface area contributed by atoms with E-state index in [1.807, 2.05) is 80.4 Å². The zero-order chi connectivity index (χ0) is 29.3. The SMILES string of the molecule is CCOCCN(C)C(C)(C)C(=O)O/N=C1\COc2c1ccc1c2c2cc(C(=O)c3ccccc3C)ccc2n1CC. The van der Waals surface area contributed by atoms with Crippen molar-refractivity contribution in [1.82, 2.24) is 9.47 Å². The quantitative estimate of drug-likeness (QED) is 0.107. The maximum absolute atomic E-state index is 13.4. The lowest BCUT2D eigenvalue weighted by Gasteiger charge is -2.31. The molecule has 0 aliphatic carbocycles. The van der Waals surface area contributed by atoms with Crippen molar-refractivity contribution in [3.05, 3.63) is 76.9 Å². The van der Waals surface area contributed by atoms with Crippen LogP contribution in [0.5, 0.6) is 5.75 Å². The Hall–Kier alpha value is -4.01. The number of carbonyl (C=O) groups excluding carboxylic acids is 2. The Kier molecular flexibility index (Phi) is 7.98. The number of benzene rings is 3. The van der Waals surface area contributed by atoms with Gasteiger partial charge in [-0.05, 0) is 77.6 Å². The molecule has 0 saturated heterocycles. The number of carbonyl (C=O) groups is 2. The number of nitrogens with zero attached hydrogens (tertiary/aromatic N) is 3. The summed E-state index contributed by atoms with van der Waals surface area (Å²) in [5.41, 5.74) is 4.73. The van der Waals surface area contributed by atoms with Crippen LogP contribution in [-0.4, -0.2) is 65.9 Å². The highest BCUT2D eigenvalue weighted by Crippen LogP contribution is 2.41. The summed E-state index contributed by atoms with van der Waals surface area (Å²) in [6, 6.07) is 17.5. The van der Waals surface area contributed by atoms with Crippen LogP contribution in [0, 0.1) is 6.92 Å². The Morgan fingerprint density at radius 3 is 2.56 bits per heavy atom. The molecule has 0 unspecified atom stereocenters. The fourth-order valence-corrected chi connectivity index (χ4v) is 5.28. The molecule has 4 aromatic rings. The van der Waals surface area contributed by atoms with Gasteiger partial charge < -0.3 is 18.9 Å². The van der Waals surface area contributed by atoms with Crippen molar-refractivity contribution < 1.29 is 23.9 Å². The minimum absolute atomic E-state index is 0.0149. The van der Waals surface area contributed by atoms with Gasteiger partial charge in [0.25, 0.3) is 0 Å². The summed E-state index contributed by atoms with van der Waals surface area (Å²) in [6.07, 6.45) is 0. The first-order valence-electron chi connectivity index (χ1n) is 14.1. The fourth-order valence-electron chi connectivity index (χ4n) is 5.28. The molecular formula is C33H37N3O5. The molecule has 0 radical (unpaired) electrons. The number of hydrogen-bond donors (Lipinski definition) is 0. The van der Waals surface area contributed by atoms with Gasteiger partial charge in [-0.15, -0.1) is 0 Å². The third-order valence-corrected chi connectivity index (χ3v) is 8.08. The molecule has 0 bridgehead atoms. The van der Waals surface area contributed by atoms with Gasteiger partial charge in [0.05, 0.1) is 17.5 Å². The van der Waals surface area contributed by atoms with Gasteiger partial charge in [0.1, 0.15) is 23.6 Å². The van der Waals surface area contributed by atoms with Crippen LogP contribution in [0.3, 0.4) is 0 Å². The van der Waals surface area contributed by atoms with Crippen LogP contribution >= 0.6 is 0 Å². The van der Waals surface area contributed by atoms with Gasteiger partial charge in [0.2, 0.25) is 0 Å². The van der Waals surface area contributed by atoms with E-state index in [9.17, 15) is 9.59 Å². The highest BCUT2D eigenvalue weighted by molar-refractivity contribution is 6.20. The molecule has 1 aliphatic rings. The molecule has 214 valence electrons. The van der Waals surface area contributed by atoms with E-state index >= 15 is 0 Å². The summed E-state index contributed by atoms with van der Waals surface area (Å²) in [5, 5.41) is 6.10. The third-order valence-electron chi connectivity index (χ3n) is 8.08. The average molecular weight is 556 g/mol. The highest BCUT2D eigenvalue weighted by atomic mass is 16.7. The summed E-state index contributed by atoms with van der Waals surface area (Å²) in [7, 11) is 1.86. The summed E-state index contributed by atoms with van der Waals surface area (Å²) < 4.78 is 13.8. The maximum atomic E-state index is 13.4. The van der Waals surface area contributed by atoms with Gasteiger partial charge in [-0.25, -0.2) is 4.79 Å². The number of ketones is 1. The number of aromatic nitrogens is 1. The Balaban J connectivity index is 1.50. The first-order chi connectivity index (χ1) is 19.7. The molecule has 2 heterocycles. The maximum Gasteiger partial charge on any atom is 0.354 e. The fraction of sp³-hybridized carbons (Fsp3) is 0.364. The smallest absolute Gasteiger partial charge is 0.354 e. The van der Waals surface area contributed by atoms with Crippen LogP contribution in [0.2, 0.25) is 0 Å². The molecule has 1 aliphatic heterocycles. The predicted octanol–water partition coefficient (Wildman–Crippen LogP) is 5.74. The van der Waals surface area contributed by atoms with Crippen molar-refractivity contribution >= 4 is 39.3 Å². The van der Waals surface area contributed by atoms with Crippen LogP contribution in [0.1, 0.15) is 54.7 Å². The van der Waals surface area contributed by atoms with E-state index in [1.54, 1.807) is 13.8 Å². The van der Waals surface area contributed by atoms with Crippen molar-refractivity contribution in [3.63, 3.8) is 0 Å². The van der Waals surface area contributed by atoms with Gasteiger partial charge in [-0.1, -0.05) is 29.4 Å². The number of likely N-dealkylation sites (N-methyl/N-ethyl adjacent to an activating group) is 1. The van der Waals surface area contributed by atoms with Crippen molar-refractivity contribution in [3.8, 4) is 5.75 Å². The summed E-state index contributed by atoms with van der Waals surface area (Å²) in [5.74, 6) is 0.211. The zero-order valence-electron chi connectivity index (χ0n) is 24.6. The van der Waals surface area contributed by atoms with E-state index < -0.39 is 11.5 Å². The molecule has 5 rings (SSSR count). The monoisotopic (exact) mass is 555 g/mol. The second kappa shape index (κ2) is 11.5. The first-order valence-corrected chi connectivity index (χ1v) is 14.1. The molecule has 8 nitrogen and oxygen atoms in total. The van der Waals surface area contributed by atoms with Crippen LogP contribution in [0.15, 0.2) is 59.8 Å². The number of hydrogen-bond acceptors (Lipinski definition) is 7. The van der Waals surface area contributed by atoms with Crippen molar-refractivity contribution in [2.75, 3.05) is 33.4 Å². The summed E-state index contributed by atoms with van der Waals surface area (Å²) >= 11 is 0. The van der Waals surface area contributed by atoms with Crippen molar-refractivity contribution in [2.45, 2.75) is 46.7 Å². The number of oxime groups is 1.